The molecule has 0 bridgehead atoms. The van der Waals surface area contributed by atoms with Crippen LogP contribution in [0.1, 0.15) is 42.1 Å². The van der Waals surface area contributed by atoms with Gasteiger partial charge in [0, 0.05) is 0 Å². The van der Waals surface area contributed by atoms with Crippen LogP contribution < -0.4 is 5.11 Å². The lowest BCUT2D eigenvalue weighted by molar-refractivity contribution is -0.255. The Labute approximate surface area is 78.2 Å². The first-order valence-corrected chi connectivity index (χ1v) is 4.46. The van der Waals surface area contributed by atoms with Crippen LogP contribution in [0.5, 0.6) is 0 Å². The second kappa shape index (κ2) is 4.08. The summed E-state index contributed by atoms with van der Waals surface area (Å²) in [5, 5.41) is 10.4. The largest absolute Gasteiger partial charge is 0.545 e. The molecule has 0 aliphatic rings. The minimum Gasteiger partial charge on any atom is -0.545 e. The fourth-order valence-corrected chi connectivity index (χ4v) is 1.18. The molecule has 70 valence electrons. The number of hydrogen-bond acceptors (Lipinski definition) is 2. The number of carboxylic acid groups (broad SMARTS) is 1. The Morgan fingerprint density at radius 3 is 2.31 bits per heavy atom. The highest BCUT2D eigenvalue weighted by Gasteiger charge is 2.01. The first-order chi connectivity index (χ1) is 6.15. The summed E-state index contributed by atoms with van der Waals surface area (Å²) in [6.45, 7) is 4.23. The monoisotopic (exact) mass is 177 g/mol. The van der Waals surface area contributed by atoms with Crippen molar-refractivity contribution in [2.75, 3.05) is 0 Å². The third-order valence-corrected chi connectivity index (χ3v) is 2.33. The molecule has 2 heteroatoms. The summed E-state index contributed by atoms with van der Waals surface area (Å²) in [4.78, 5) is 10.4. The molecule has 0 saturated carbocycles. The highest BCUT2D eigenvalue weighted by molar-refractivity contribution is 5.85. The number of aromatic carboxylic acids is 1. The highest BCUT2D eigenvalue weighted by atomic mass is 16.4. The predicted octanol–water partition coefficient (Wildman–Crippen LogP) is 1.56. The Kier molecular flexibility index (Phi) is 3.07. The van der Waals surface area contributed by atoms with Crippen molar-refractivity contribution in [3.8, 4) is 0 Å². The molecule has 0 heterocycles. The van der Waals surface area contributed by atoms with Crippen LogP contribution in [0, 0.1) is 0 Å². The molecule has 0 N–H and O–H groups in total. The van der Waals surface area contributed by atoms with Gasteiger partial charge in [0.1, 0.15) is 0 Å². The molecule has 0 saturated heterocycles. The topological polar surface area (TPSA) is 40.1 Å². The van der Waals surface area contributed by atoms with E-state index in [4.69, 9.17) is 0 Å². The van der Waals surface area contributed by atoms with Gasteiger partial charge in [-0.2, -0.15) is 0 Å². The molecule has 2 nitrogen and oxygen atoms in total. The number of carbonyl (C=O) groups excluding carboxylic acids is 1. The van der Waals surface area contributed by atoms with Gasteiger partial charge in [-0.1, -0.05) is 38.1 Å². The molecule has 0 aliphatic carbocycles. The minimum absolute atomic E-state index is 0.243. The van der Waals surface area contributed by atoms with Gasteiger partial charge >= 0.3 is 0 Å². The van der Waals surface area contributed by atoms with E-state index < -0.39 is 5.97 Å². The summed E-state index contributed by atoms with van der Waals surface area (Å²) in [5.74, 6) is -0.633. The van der Waals surface area contributed by atoms with Crippen molar-refractivity contribution in [2.24, 2.45) is 0 Å². The summed E-state index contributed by atoms with van der Waals surface area (Å²) in [7, 11) is 0. The molecule has 1 aromatic carbocycles. The van der Waals surface area contributed by atoms with Crippen LogP contribution in [-0.2, 0) is 0 Å². The average Bonchev–Trinajstić information content (AvgIpc) is 2.17. The van der Waals surface area contributed by atoms with Gasteiger partial charge in [-0.3, -0.25) is 0 Å². The van der Waals surface area contributed by atoms with Crippen LogP contribution in [0.4, 0.5) is 0 Å². The van der Waals surface area contributed by atoms with E-state index in [1.807, 2.05) is 12.1 Å². The second-order valence-electron chi connectivity index (χ2n) is 3.22. The first kappa shape index (κ1) is 9.78. The lowest BCUT2D eigenvalue weighted by Crippen LogP contribution is -2.22. The lowest BCUT2D eigenvalue weighted by atomic mass is 9.98. The van der Waals surface area contributed by atoms with Crippen molar-refractivity contribution in [1.82, 2.24) is 0 Å². The maximum absolute atomic E-state index is 10.4. The third kappa shape index (κ3) is 2.31. The van der Waals surface area contributed by atoms with Gasteiger partial charge in [0.15, 0.2) is 0 Å². The molecule has 0 radical (unpaired) electrons. The number of rotatable bonds is 3. The molecule has 0 fully saturated rings. The quantitative estimate of drug-likeness (QED) is 0.703. The van der Waals surface area contributed by atoms with Gasteiger partial charge in [0.2, 0.25) is 0 Å². The van der Waals surface area contributed by atoms with E-state index in [9.17, 15) is 9.90 Å². The summed E-state index contributed by atoms with van der Waals surface area (Å²) in [6.07, 6.45) is 1.06. The summed E-state index contributed by atoms with van der Waals surface area (Å²) < 4.78 is 0. The van der Waals surface area contributed by atoms with E-state index in [1.165, 1.54) is 5.56 Å². The van der Waals surface area contributed by atoms with E-state index in [0.29, 0.717) is 5.92 Å². The maximum Gasteiger partial charge on any atom is 0.0715 e. The zero-order valence-electron chi connectivity index (χ0n) is 7.91. The lowest BCUT2D eigenvalue weighted by Gasteiger charge is -2.09. The van der Waals surface area contributed by atoms with E-state index in [-0.39, 0.29) is 5.56 Å². The number of benzene rings is 1. The van der Waals surface area contributed by atoms with Gasteiger partial charge < -0.3 is 9.90 Å². The Morgan fingerprint density at radius 1 is 1.38 bits per heavy atom. The normalized spacial score (nSPS) is 12.5. The molecule has 13 heavy (non-hydrogen) atoms. The summed E-state index contributed by atoms with van der Waals surface area (Å²) in [5.41, 5.74) is 1.42. The van der Waals surface area contributed by atoms with Gasteiger partial charge in [0.05, 0.1) is 5.97 Å². The number of carboxylic acids is 1. The van der Waals surface area contributed by atoms with Gasteiger partial charge in [-0.05, 0) is 23.5 Å². The summed E-state index contributed by atoms with van der Waals surface area (Å²) >= 11 is 0. The second-order valence-corrected chi connectivity index (χ2v) is 3.22. The molecule has 1 aromatic rings. The van der Waals surface area contributed by atoms with Crippen molar-refractivity contribution in [2.45, 2.75) is 26.2 Å². The molecule has 0 aliphatic heterocycles. The zero-order chi connectivity index (χ0) is 9.84. The zero-order valence-corrected chi connectivity index (χ0v) is 7.91. The molecule has 0 unspecified atom stereocenters. The molecule has 0 spiro atoms. The average molecular weight is 177 g/mol. The summed E-state index contributed by atoms with van der Waals surface area (Å²) in [6, 6.07) is 6.88. The van der Waals surface area contributed by atoms with E-state index in [0.717, 1.165) is 6.42 Å². The van der Waals surface area contributed by atoms with Crippen molar-refractivity contribution < 1.29 is 9.90 Å². The Balaban J connectivity index is 2.87. The molecular formula is C11H13O2-. The van der Waals surface area contributed by atoms with E-state index in [2.05, 4.69) is 13.8 Å². The van der Waals surface area contributed by atoms with Gasteiger partial charge in [0.25, 0.3) is 0 Å². The van der Waals surface area contributed by atoms with Crippen molar-refractivity contribution >= 4 is 5.97 Å². The van der Waals surface area contributed by atoms with Crippen LogP contribution in [-0.4, -0.2) is 5.97 Å². The van der Waals surface area contributed by atoms with Crippen LogP contribution in [0.2, 0.25) is 0 Å². The molecular weight excluding hydrogens is 164 g/mol. The van der Waals surface area contributed by atoms with E-state index in [1.54, 1.807) is 12.1 Å². The number of carbonyl (C=O) groups is 1. The van der Waals surface area contributed by atoms with Gasteiger partial charge in [-0.25, -0.2) is 0 Å². The fourth-order valence-electron chi connectivity index (χ4n) is 1.18. The van der Waals surface area contributed by atoms with Crippen LogP contribution >= 0.6 is 0 Å². The SMILES string of the molecule is CC[C@@H](C)c1ccc(C(=O)[O-])cc1. The molecule has 0 aromatic heterocycles. The Bertz CT molecular complexity index is 287. The fraction of sp³-hybridized carbons (Fsp3) is 0.364. The van der Waals surface area contributed by atoms with Crippen molar-refractivity contribution in [1.29, 1.82) is 0 Å². The Morgan fingerprint density at radius 2 is 1.92 bits per heavy atom. The predicted molar refractivity (Wildman–Crippen MR) is 49.5 cm³/mol. The van der Waals surface area contributed by atoms with E-state index >= 15 is 0 Å². The van der Waals surface area contributed by atoms with Crippen molar-refractivity contribution in [3.05, 3.63) is 35.4 Å². The van der Waals surface area contributed by atoms with Crippen LogP contribution in [0.15, 0.2) is 24.3 Å². The van der Waals surface area contributed by atoms with Crippen LogP contribution in [0.3, 0.4) is 0 Å². The highest BCUT2D eigenvalue weighted by Crippen LogP contribution is 2.18. The Hall–Kier alpha value is -1.31. The third-order valence-electron chi connectivity index (χ3n) is 2.33. The smallest absolute Gasteiger partial charge is 0.0715 e. The van der Waals surface area contributed by atoms with Crippen molar-refractivity contribution in [3.63, 3.8) is 0 Å². The standard InChI is InChI=1S/C11H14O2/c1-3-8(2)9-4-6-10(7-5-9)11(12)13/h4-8H,3H2,1-2H3,(H,12,13)/p-1/t8-/m1/s1. The maximum atomic E-state index is 10.4. The molecule has 1 atom stereocenters. The minimum atomic E-state index is -1.12. The van der Waals surface area contributed by atoms with Gasteiger partial charge in [-0.15, -0.1) is 0 Å². The molecule has 1 rings (SSSR count). The van der Waals surface area contributed by atoms with Crippen LogP contribution in [0.25, 0.3) is 0 Å². The number of hydrogen-bond donors (Lipinski definition) is 0. The molecule has 0 amide bonds. The first-order valence-electron chi connectivity index (χ1n) is 4.46.